The van der Waals surface area contributed by atoms with Crippen molar-refractivity contribution in [3.05, 3.63) is 0 Å². The molecule has 3 heteroatoms. The minimum atomic E-state index is -0.0242. The first kappa shape index (κ1) is 15.8. The summed E-state index contributed by atoms with van der Waals surface area (Å²) in [6.45, 7) is 7.15. The molecule has 2 aliphatic carbocycles. The molecule has 0 aromatic heterocycles. The minimum absolute atomic E-state index is 0.0242. The zero-order valence-electron chi connectivity index (χ0n) is 13.8. The van der Waals surface area contributed by atoms with Crippen LogP contribution in [0.1, 0.15) is 58.3 Å². The summed E-state index contributed by atoms with van der Waals surface area (Å²) in [6.07, 6.45) is 10.4. The van der Waals surface area contributed by atoms with Crippen molar-refractivity contribution >= 4 is 0 Å². The summed E-state index contributed by atoms with van der Waals surface area (Å²) >= 11 is 0. The quantitative estimate of drug-likeness (QED) is 0.722. The van der Waals surface area contributed by atoms with Crippen molar-refractivity contribution in [3.8, 4) is 0 Å². The smallest absolute Gasteiger partial charge is 0.0571 e. The van der Waals surface area contributed by atoms with Crippen LogP contribution < -0.4 is 5.32 Å². The molecular weight excluding hydrogens is 260 g/mol. The number of nitrogens with one attached hydrogen (secondary N) is 1. The highest BCUT2D eigenvalue weighted by Gasteiger charge is 2.34. The molecule has 2 N–H and O–H groups in total. The van der Waals surface area contributed by atoms with Crippen LogP contribution in [-0.2, 0) is 0 Å². The Hall–Kier alpha value is -0.120. The van der Waals surface area contributed by atoms with Gasteiger partial charge in [0.15, 0.2) is 0 Å². The molecule has 21 heavy (non-hydrogen) atoms. The first-order valence-electron chi connectivity index (χ1n) is 9.38. The third-order valence-electron chi connectivity index (χ3n) is 5.81. The largest absolute Gasteiger partial charge is 0.393 e. The van der Waals surface area contributed by atoms with Gasteiger partial charge in [0.2, 0.25) is 0 Å². The Morgan fingerprint density at radius 2 is 1.95 bits per heavy atom. The molecule has 1 aliphatic heterocycles. The van der Waals surface area contributed by atoms with Gasteiger partial charge in [-0.1, -0.05) is 13.3 Å². The molecule has 2 saturated carbocycles. The monoisotopic (exact) mass is 294 g/mol. The summed E-state index contributed by atoms with van der Waals surface area (Å²) < 4.78 is 0. The summed E-state index contributed by atoms with van der Waals surface area (Å²) in [6, 6.07) is 0.655. The zero-order valence-corrected chi connectivity index (χ0v) is 13.8. The highest BCUT2D eigenvalue weighted by molar-refractivity contribution is 4.89. The maximum absolute atomic E-state index is 10.3. The van der Waals surface area contributed by atoms with Crippen LogP contribution >= 0.6 is 0 Å². The summed E-state index contributed by atoms with van der Waals surface area (Å²) in [7, 11) is 0. The fraction of sp³-hybridized carbons (Fsp3) is 1.00. The van der Waals surface area contributed by atoms with E-state index in [4.69, 9.17) is 0 Å². The topological polar surface area (TPSA) is 35.5 Å². The first-order valence-corrected chi connectivity index (χ1v) is 9.38. The van der Waals surface area contributed by atoms with Crippen molar-refractivity contribution in [1.29, 1.82) is 0 Å². The Bertz CT molecular complexity index is 314. The van der Waals surface area contributed by atoms with Crippen LogP contribution in [0.3, 0.4) is 0 Å². The fourth-order valence-corrected chi connectivity index (χ4v) is 4.17. The van der Waals surface area contributed by atoms with Crippen molar-refractivity contribution in [3.63, 3.8) is 0 Å². The van der Waals surface area contributed by atoms with Crippen LogP contribution in [0.25, 0.3) is 0 Å². The van der Waals surface area contributed by atoms with Crippen LogP contribution in [0, 0.1) is 17.8 Å². The molecule has 1 saturated heterocycles. The summed E-state index contributed by atoms with van der Waals surface area (Å²) in [4.78, 5) is 2.63. The predicted molar refractivity (Wildman–Crippen MR) is 87.3 cm³/mol. The highest BCUT2D eigenvalue weighted by Crippen LogP contribution is 2.36. The molecule has 0 aromatic rings. The molecule has 3 fully saturated rings. The van der Waals surface area contributed by atoms with E-state index in [9.17, 15) is 5.11 Å². The highest BCUT2D eigenvalue weighted by atomic mass is 16.3. The molecule has 0 radical (unpaired) electrons. The average Bonchev–Trinajstić information content (AvgIpc) is 3.21. The van der Waals surface area contributed by atoms with Gasteiger partial charge in [0.25, 0.3) is 0 Å². The molecule has 3 aliphatic rings. The molecule has 1 heterocycles. The van der Waals surface area contributed by atoms with Crippen molar-refractivity contribution in [1.82, 2.24) is 10.2 Å². The van der Waals surface area contributed by atoms with Crippen LogP contribution in [0.15, 0.2) is 0 Å². The molecule has 0 amide bonds. The minimum Gasteiger partial charge on any atom is -0.393 e. The number of likely N-dealkylation sites (tertiary alicyclic amines) is 1. The van der Waals surface area contributed by atoms with Crippen molar-refractivity contribution in [2.24, 2.45) is 17.8 Å². The molecule has 0 aromatic carbocycles. The van der Waals surface area contributed by atoms with E-state index in [2.05, 4.69) is 17.1 Å². The number of piperidine rings is 1. The number of rotatable bonds is 8. The summed E-state index contributed by atoms with van der Waals surface area (Å²) in [5, 5.41) is 14.1. The van der Waals surface area contributed by atoms with Gasteiger partial charge < -0.3 is 15.3 Å². The number of nitrogens with zero attached hydrogens (tertiary/aromatic N) is 1. The third kappa shape index (κ3) is 4.67. The second kappa shape index (κ2) is 7.43. The third-order valence-corrected chi connectivity index (χ3v) is 5.81. The van der Waals surface area contributed by atoms with E-state index in [0.29, 0.717) is 17.9 Å². The van der Waals surface area contributed by atoms with Crippen LogP contribution in [0.5, 0.6) is 0 Å². The van der Waals surface area contributed by atoms with E-state index in [0.717, 1.165) is 12.3 Å². The van der Waals surface area contributed by atoms with Gasteiger partial charge in [-0.3, -0.25) is 0 Å². The number of hydrogen-bond donors (Lipinski definition) is 2. The van der Waals surface area contributed by atoms with Gasteiger partial charge in [-0.05, 0) is 75.8 Å². The second-order valence-corrected chi connectivity index (χ2v) is 7.90. The Morgan fingerprint density at radius 3 is 2.57 bits per heavy atom. The lowest BCUT2D eigenvalue weighted by Crippen LogP contribution is -2.51. The van der Waals surface area contributed by atoms with Crippen molar-refractivity contribution in [2.45, 2.75) is 70.4 Å². The standard InChI is InChI=1S/C18H34N2O/c1-2-8-20-12-15(10-18(21)16-6-7-16)9-17(13-20)19-11-14-4-3-5-14/h14-19,21H,2-13H2,1H3. The summed E-state index contributed by atoms with van der Waals surface area (Å²) in [5.41, 5.74) is 0. The van der Waals surface area contributed by atoms with E-state index in [1.165, 1.54) is 71.1 Å². The predicted octanol–water partition coefficient (Wildman–Crippen LogP) is 2.64. The molecule has 0 spiro atoms. The first-order chi connectivity index (χ1) is 10.2. The van der Waals surface area contributed by atoms with Gasteiger partial charge in [-0.25, -0.2) is 0 Å². The Morgan fingerprint density at radius 1 is 1.14 bits per heavy atom. The van der Waals surface area contributed by atoms with E-state index in [1.807, 2.05) is 0 Å². The van der Waals surface area contributed by atoms with Gasteiger partial charge in [0.1, 0.15) is 0 Å². The number of aliphatic hydroxyl groups is 1. The SMILES string of the molecule is CCCN1CC(CC(O)C2CC2)CC(NCC2CCC2)C1. The van der Waals surface area contributed by atoms with Crippen molar-refractivity contribution < 1.29 is 5.11 Å². The lowest BCUT2D eigenvalue weighted by molar-refractivity contribution is 0.0732. The number of aliphatic hydroxyl groups excluding tert-OH is 1. The normalized spacial score (nSPS) is 32.9. The van der Waals surface area contributed by atoms with E-state index >= 15 is 0 Å². The number of hydrogen-bond acceptors (Lipinski definition) is 3. The van der Waals surface area contributed by atoms with Gasteiger partial charge in [0, 0.05) is 19.1 Å². The molecule has 3 unspecified atom stereocenters. The Labute approximate surface area is 130 Å². The molecule has 3 nitrogen and oxygen atoms in total. The van der Waals surface area contributed by atoms with Crippen LogP contribution in [-0.4, -0.2) is 48.3 Å². The van der Waals surface area contributed by atoms with Gasteiger partial charge in [0.05, 0.1) is 6.10 Å². The molecule has 3 atom stereocenters. The Balaban J connectivity index is 1.47. The van der Waals surface area contributed by atoms with E-state index in [1.54, 1.807) is 0 Å². The lowest BCUT2D eigenvalue weighted by Gasteiger charge is -2.40. The molecule has 0 bridgehead atoms. The van der Waals surface area contributed by atoms with Crippen LogP contribution in [0.2, 0.25) is 0 Å². The molecule has 122 valence electrons. The van der Waals surface area contributed by atoms with Gasteiger partial charge >= 0.3 is 0 Å². The maximum atomic E-state index is 10.3. The lowest BCUT2D eigenvalue weighted by atomic mass is 9.84. The summed E-state index contributed by atoms with van der Waals surface area (Å²) in [5.74, 6) is 2.27. The van der Waals surface area contributed by atoms with E-state index < -0.39 is 0 Å². The zero-order chi connectivity index (χ0) is 14.7. The molecular formula is C18H34N2O. The molecule has 3 rings (SSSR count). The average molecular weight is 294 g/mol. The van der Waals surface area contributed by atoms with Crippen molar-refractivity contribution in [2.75, 3.05) is 26.2 Å². The van der Waals surface area contributed by atoms with Gasteiger partial charge in [-0.2, -0.15) is 0 Å². The van der Waals surface area contributed by atoms with E-state index in [-0.39, 0.29) is 6.10 Å². The Kier molecular flexibility index (Phi) is 5.58. The van der Waals surface area contributed by atoms with Crippen LogP contribution in [0.4, 0.5) is 0 Å². The van der Waals surface area contributed by atoms with Gasteiger partial charge in [-0.15, -0.1) is 0 Å². The maximum Gasteiger partial charge on any atom is 0.0571 e. The second-order valence-electron chi connectivity index (χ2n) is 7.90. The fourth-order valence-electron chi connectivity index (χ4n) is 4.17.